The minimum absolute atomic E-state index is 0.0330. The molecule has 33 heavy (non-hydrogen) atoms. The Bertz CT molecular complexity index is 1440. The van der Waals surface area contributed by atoms with Gasteiger partial charge in [-0.25, -0.2) is 4.98 Å². The number of ether oxygens (including phenoxy) is 1. The number of rotatable bonds is 4. The number of para-hydroxylation sites is 2. The number of hydrogen-bond acceptors (Lipinski definition) is 4. The summed E-state index contributed by atoms with van der Waals surface area (Å²) in [5, 5.41) is 10.6. The molecule has 4 aromatic rings. The monoisotopic (exact) mass is 452 g/mol. The molecule has 0 saturated carbocycles. The zero-order valence-corrected chi connectivity index (χ0v) is 17.7. The quantitative estimate of drug-likeness (QED) is 0.438. The fourth-order valence-corrected chi connectivity index (χ4v) is 3.57. The van der Waals surface area contributed by atoms with E-state index in [4.69, 9.17) is 4.74 Å². The van der Waals surface area contributed by atoms with Crippen LogP contribution in [0.5, 0.6) is 11.5 Å². The summed E-state index contributed by atoms with van der Waals surface area (Å²) in [6.07, 6.45) is -1.59. The van der Waals surface area contributed by atoms with Gasteiger partial charge in [0, 0.05) is 5.56 Å². The van der Waals surface area contributed by atoms with Crippen LogP contribution in [-0.4, -0.2) is 21.8 Å². The van der Waals surface area contributed by atoms with Crippen LogP contribution in [0.15, 0.2) is 65.5 Å². The Morgan fingerprint density at radius 3 is 2.52 bits per heavy atom. The first-order valence-corrected chi connectivity index (χ1v) is 9.95. The summed E-state index contributed by atoms with van der Waals surface area (Å²) in [7, 11) is 1.42. The topological polar surface area (TPSA) is 64.3 Å². The van der Waals surface area contributed by atoms with E-state index in [2.05, 4.69) is 4.98 Å². The average Bonchev–Trinajstić information content (AvgIpc) is 2.78. The fourth-order valence-electron chi connectivity index (χ4n) is 3.57. The van der Waals surface area contributed by atoms with Gasteiger partial charge in [0.2, 0.25) is 0 Å². The number of phenolic OH excluding ortho intramolecular Hbond substituents is 1. The second kappa shape index (κ2) is 8.46. The normalized spacial score (nSPS) is 11.9. The van der Waals surface area contributed by atoms with Gasteiger partial charge in [0.05, 0.1) is 29.3 Å². The summed E-state index contributed by atoms with van der Waals surface area (Å²) in [6, 6.07) is 15.2. The minimum Gasteiger partial charge on any atom is -0.504 e. The number of hydrogen-bond donors (Lipinski definition) is 1. The van der Waals surface area contributed by atoms with E-state index < -0.39 is 17.3 Å². The largest absolute Gasteiger partial charge is 0.504 e. The van der Waals surface area contributed by atoms with Gasteiger partial charge in [0.15, 0.2) is 11.5 Å². The van der Waals surface area contributed by atoms with Crippen molar-refractivity contribution >= 4 is 23.1 Å². The molecule has 3 aromatic carbocycles. The van der Waals surface area contributed by atoms with E-state index in [0.29, 0.717) is 11.1 Å². The number of phenols is 1. The van der Waals surface area contributed by atoms with Crippen molar-refractivity contribution in [2.45, 2.75) is 13.1 Å². The first kappa shape index (κ1) is 22.1. The van der Waals surface area contributed by atoms with Gasteiger partial charge < -0.3 is 9.84 Å². The van der Waals surface area contributed by atoms with Crippen LogP contribution in [0.1, 0.15) is 22.5 Å². The van der Waals surface area contributed by atoms with Gasteiger partial charge in [-0.2, -0.15) is 13.2 Å². The molecule has 0 radical (unpaired) electrons. The van der Waals surface area contributed by atoms with Crippen LogP contribution in [0.3, 0.4) is 0 Å². The Balaban J connectivity index is 1.96. The third kappa shape index (κ3) is 4.19. The van der Waals surface area contributed by atoms with Gasteiger partial charge in [-0.05, 0) is 55.0 Å². The van der Waals surface area contributed by atoms with E-state index in [0.717, 1.165) is 10.6 Å². The molecule has 1 heterocycles. The summed E-state index contributed by atoms with van der Waals surface area (Å²) in [5.41, 5.74) is -0.468. The molecule has 0 aliphatic rings. The maximum atomic E-state index is 13.5. The molecule has 0 unspecified atom stereocenters. The van der Waals surface area contributed by atoms with Gasteiger partial charge in [-0.15, -0.1) is 0 Å². The summed E-state index contributed by atoms with van der Waals surface area (Å²) in [5.74, 6) is 0.257. The maximum absolute atomic E-state index is 13.5. The molecule has 8 heteroatoms. The number of methoxy groups -OCH3 is 1. The minimum atomic E-state index is -4.57. The highest BCUT2D eigenvalue weighted by molar-refractivity contribution is 5.80. The molecule has 0 bridgehead atoms. The molecule has 0 atom stereocenters. The Morgan fingerprint density at radius 2 is 1.79 bits per heavy atom. The highest BCUT2D eigenvalue weighted by atomic mass is 19.4. The van der Waals surface area contributed by atoms with Crippen LogP contribution in [-0.2, 0) is 6.18 Å². The number of aromatic hydroxyl groups is 1. The zero-order chi connectivity index (χ0) is 23.8. The third-order valence-corrected chi connectivity index (χ3v) is 5.25. The van der Waals surface area contributed by atoms with Crippen molar-refractivity contribution in [2.24, 2.45) is 0 Å². The van der Waals surface area contributed by atoms with E-state index in [1.54, 1.807) is 42.5 Å². The van der Waals surface area contributed by atoms with Crippen molar-refractivity contribution in [2.75, 3.05) is 7.11 Å². The molecule has 0 aliphatic carbocycles. The number of halogens is 3. The second-order valence-electron chi connectivity index (χ2n) is 7.36. The first-order chi connectivity index (χ1) is 15.7. The summed E-state index contributed by atoms with van der Waals surface area (Å²) >= 11 is 0. The predicted molar refractivity (Wildman–Crippen MR) is 121 cm³/mol. The lowest BCUT2D eigenvalue weighted by Crippen LogP contribution is -2.23. The highest BCUT2D eigenvalue weighted by Crippen LogP contribution is 2.34. The van der Waals surface area contributed by atoms with Crippen LogP contribution in [0.2, 0.25) is 0 Å². The maximum Gasteiger partial charge on any atom is 0.416 e. The molecule has 4 rings (SSSR count). The van der Waals surface area contributed by atoms with E-state index in [1.165, 1.54) is 38.3 Å². The van der Waals surface area contributed by atoms with Crippen molar-refractivity contribution in [1.29, 1.82) is 0 Å². The van der Waals surface area contributed by atoms with Crippen LogP contribution < -0.4 is 10.3 Å². The lowest BCUT2D eigenvalue weighted by Gasteiger charge is -2.15. The van der Waals surface area contributed by atoms with Crippen LogP contribution in [0.25, 0.3) is 28.7 Å². The van der Waals surface area contributed by atoms with Crippen molar-refractivity contribution < 1.29 is 23.0 Å². The molecule has 0 saturated heterocycles. The molecule has 5 nitrogen and oxygen atoms in total. The van der Waals surface area contributed by atoms with Crippen molar-refractivity contribution in [3.05, 3.63) is 93.5 Å². The lowest BCUT2D eigenvalue weighted by molar-refractivity contribution is -0.138. The van der Waals surface area contributed by atoms with E-state index >= 15 is 0 Å². The second-order valence-corrected chi connectivity index (χ2v) is 7.36. The Labute approximate surface area is 187 Å². The van der Waals surface area contributed by atoms with Crippen LogP contribution in [0, 0.1) is 6.92 Å². The zero-order valence-electron chi connectivity index (χ0n) is 17.7. The Hall–Kier alpha value is -4.07. The number of aromatic nitrogens is 2. The van der Waals surface area contributed by atoms with Crippen LogP contribution in [0.4, 0.5) is 13.2 Å². The van der Waals surface area contributed by atoms with E-state index in [1.807, 2.05) is 0 Å². The fraction of sp³-hybridized carbons (Fsp3) is 0.120. The van der Waals surface area contributed by atoms with Crippen molar-refractivity contribution in [1.82, 2.24) is 9.55 Å². The molecule has 1 N–H and O–H groups in total. The van der Waals surface area contributed by atoms with Gasteiger partial charge >= 0.3 is 6.18 Å². The average molecular weight is 452 g/mol. The van der Waals surface area contributed by atoms with Crippen molar-refractivity contribution in [3.63, 3.8) is 0 Å². The number of benzene rings is 3. The van der Waals surface area contributed by atoms with Gasteiger partial charge in [-0.3, -0.25) is 9.36 Å². The number of fused-ring (bicyclic) bond motifs is 1. The third-order valence-electron chi connectivity index (χ3n) is 5.25. The summed E-state index contributed by atoms with van der Waals surface area (Å²) < 4.78 is 46.8. The van der Waals surface area contributed by atoms with Gasteiger partial charge in [-0.1, -0.05) is 30.3 Å². The molecule has 0 amide bonds. The molecule has 0 fully saturated rings. The standard InChI is InChI=1S/C25H19F3N2O3/c1-15-10-12-17(14-19(15)25(26,27)28)30-22(29-20-8-4-3-7-18(20)24(30)32)13-11-16-6-5-9-21(33-2)23(16)31/h3-14,31H,1-2H3/b13-11+. The Kier molecular flexibility index (Phi) is 5.68. The first-order valence-electron chi connectivity index (χ1n) is 9.95. The number of aryl methyl sites for hydroxylation is 1. The van der Waals surface area contributed by atoms with E-state index in [9.17, 15) is 23.1 Å². The molecular weight excluding hydrogens is 433 g/mol. The van der Waals surface area contributed by atoms with Crippen molar-refractivity contribution in [3.8, 4) is 17.2 Å². The SMILES string of the molecule is COc1cccc(/C=C/c2nc3ccccc3c(=O)n2-c2ccc(C)c(C(F)(F)F)c2)c1O. The molecule has 0 spiro atoms. The molecule has 168 valence electrons. The summed E-state index contributed by atoms with van der Waals surface area (Å²) in [4.78, 5) is 17.8. The van der Waals surface area contributed by atoms with Gasteiger partial charge in [0.1, 0.15) is 5.82 Å². The molecular formula is C25H19F3N2O3. The van der Waals surface area contributed by atoms with E-state index in [-0.39, 0.29) is 34.0 Å². The molecule has 1 aromatic heterocycles. The highest BCUT2D eigenvalue weighted by Gasteiger charge is 2.32. The number of nitrogens with zero attached hydrogens (tertiary/aromatic N) is 2. The van der Waals surface area contributed by atoms with Crippen LogP contribution >= 0.6 is 0 Å². The smallest absolute Gasteiger partial charge is 0.416 e. The Morgan fingerprint density at radius 1 is 1.03 bits per heavy atom. The predicted octanol–water partition coefficient (Wildman–Crippen LogP) is 5.60. The summed E-state index contributed by atoms with van der Waals surface area (Å²) in [6.45, 7) is 1.36. The van der Waals surface area contributed by atoms with Gasteiger partial charge in [0.25, 0.3) is 5.56 Å². The number of alkyl halides is 3. The lowest BCUT2D eigenvalue weighted by atomic mass is 10.1. The molecule has 0 aliphatic heterocycles.